The first-order chi connectivity index (χ1) is 9.65. The van der Waals surface area contributed by atoms with Gasteiger partial charge in [-0.05, 0) is 19.8 Å². The SMILES string of the molecule is Cc1cnc(C(C)CN=C(N)NC2CCCCCC2)s1. The second-order valence-electron chi connectivity index (χ2n) is 5.77. The van der Waals surface area contributed by atoms with Gasteiger partial charge in [0.1, 0.15) is 0 Å². The van der Waals surface area contributed by atoms with Gasteiger partial charge in [-0.25, -0.2) is 4.98 Å². The van der Waals surface area contributed by atoms with Gasteiger partial charge in [0.15, 0.2) is 5.96 Å². The molecule has 5 heteroatoms. The Morgan fingerprint density at radius 3 is 2.75 bits per heavy atom. The molecular weight excluding hydrogens is 268 g/mol. The van der Waals surface area contributed by atoms with E-state index in [2.05, 4.69) is 29.1 Å². The Morgan fingerprint density at radius 2 is 2.15 bits per heavy atom. The van der Waals surface area contributed by atoms with Crippen molar-refractivity contribution < 1.29 is 0 Å². The van der Waals surface area contributed by atoms with Crippen LogP contribution in [0.5, 0.6) is 0 Å². The maximum absolute atomic E-state index is 6.01. The maximum atomic E-state index is 6.01. The molecule has 2 rings (SSSR count). The average molecular weight is 294 g/mol. The summed E-state index contributed by atoms with van der Waals surface area (Å²) < 4.78 is 0. The lowest BCUT2D eigenvalue weighted by Crippen LogP contribution is -2.40. The summed E-state index contributed by atoms with van der Waals surface area (Å²) in [4.78, 5) is 10.1. The molecule has 1 aromatic rings. The van der Waals surface area contributed by atoms with Gasteiger partial charge in [0.25, 0.3) is 0 Å². The highest BCUT2D eigenvalue weighted by Gasteiger charge is 2.13. The number of aryl methyl sites for hydroxylation is 1. The third kappa shape index (κ3) is 4.78. The second kappa shape index (κ2) is 7.62. The van der Waals surface area contributed by atoms with Crippen LogP contribution in [-0.2, 0) is 0 Å². The number of guanidine groups is 1. The summed E-state index contributed by atoms with van der Waals surface area (Å²) in [6, 6.07) is 0.513. The van der Waals surface area contributed by atoms with Crippen molar-refractivity contribution in [3.05, 3.63) is 16.1 Å². The zero-order valence-corrected chi connectivity index (χ0v) is 13.4. The molecule has 3 N–H and O–H groups in total. The van der Waals surface area contributed by atoms with Gasteiger partial charge in [0, 0.05) is 23.0 Å². The number of rotatable bonds is 4. The number of aromatic nitrogens is 1. The minimum absolute atomic E-state index is 0.336. The van der Waals surface area contributed by atoms with Gasteiger partial charge >= 0.3 is 0 Å². The fourth-order valence-electron chi connectivity index (χ4n) is 2.59. The average Bonchev–Trinajstić information content (AvgIpc) is 2.70. The largest absolute Gasteiger partial charge is 0.370 e. The van der Waals surface area contributed by atoms with Gasteiger partial charge in [0.05, 0.1) is 11.6 Å². The Morgan fingerprint density at radius 1 is 1.45 bits per heavy atom. The number of aliphatic imine (C=N–C) groups is 1. The summed E-state index contributed by atoms with van der Waals surface area (Å²) in [5.74, 6) is 0.931. The Labute approximate surface area is 125 Å². The summed E-state index contributed by atoms with van der Waals surface area (Å²) in [6.45, 7) is 4.94. The van der Waals surface area contributed by atoms with Gasteiger partial charge in [-0.1, -0.05) is 32.6 Å². The van der Waals surface area contributed by atoms with E-state index >= 15 is 0 Å². The van der Waals surface area contributed by atoms with Crippen molar-refractivity contribution in [2.45, 2.75) is 64.3 Å². The predicted molar refractivity (Wildman–Crippen MR) is 86.4 cm³/mol. The molecule has 0 aliphatic heterocycles. The molecule has 0 spiro atoms. The van der Waals surface area contributed by atoms with Crippen LogP contribution in [0.25, 0.3) is 0 Å². The van der Waals surface area contributed by atoms with Crippen molar-refractivity contribution in [1.82, 2.24) is 10.3 Å². The summed E-state index contributed by atoms with van der Waals surface area (Å²) >= 11 is 1.74. The van der Waals surface area contributed by atoms with E-state index in [4.69, 9.17) is 5.73 Å². The maximum Gasteiger partial charge on any atom is 0.188 e. The fourth-order valence-corrected chi connectivity index (χ4v) is 3.41. The lowest BCUT2D eigenvalue weighted by molar-refractivity contribution is 0.529. The first-order valence-corrected chi connectivity index (χ1v) is 8.45. The molecule has 0 bridgehead atoms. The second-order valence-corrected chi connectivity index (χ2v) is 7.04. The van der Waals surface area contributed by atoms with E-state index in [0.717, 1.165) is 5.01 Å². The molecule has 20 heavy (non-hydrogen) atoms. The third-order valence-corrected chi connectivity index (χ3v) is 4.95. The van der Waals surface area contributed by atoms with Crippen LogP contribution in [0.15, 0.2) is 11.2 Å². The minimum Gasteiger partial charge on any atom is -0.370 e. The topological polar surface area (TPSA) is 63.3 Å². The molecular formula is C15H26N4S. The molecule has 1 aromatic heterocycles. The van der Waals surface area contributed by atoms with Crippen molar-refractivity contribution in [2.75, 3.05) is 6.54 Å². The molecule has 0 saturated heterocycles. The molecule has 1 saturated carbocycles. The van der Waals surface area contributed by atoms with E-state index in [1.807, 2.05) is 6.20 Å². The summed E-state index contributed by atoms with van der Waals surface area (Å²) in [5, 5.41) is 4.53. The molecule has 0 radical (unpaired) electrons. The number of nitrogens with two attached hydrogens (primary N) is 1. The van der Waals surface area contributed by atoms with Crippen molar-refractivity contribution in [3.63, 3.8) is 0 Å². The lowest BCUT2D eigenvalue weighted by atomic mass is 10.1. The van der Waals surface area contributed by atoms with Crippen molar-refractivity contribution in [1.29, 1.82) is 0 Å². The molecule has 112 valence electrons. The van der Waals surface area contributed by atoms with E-state index in [-0.39, 0.29) is 0 Å². The standard InChI is InChI=1S/C15H26N4S/c1-11(14-17-10-12(2)20-14)9-18-15(16)19-13-7-5-3-4-6-8-13/h10-11,13H,3-9H2,1-2H3,(H3,16,18,19). The number of nitrogens with zero attached hydrogens (tertiary/aromatic N) is 2. The summed E-state index contributed by atoms with van der Waals surface area (Å²) in [7, 11) is 0. The van der Waals surface area contributed by atoms with Gasteiger partial charge in [-0.2, -0.15) is 0 Å². The van der Waals surface area contributed by atoms with Crippen LogP contribution in [-0.4, -0.2) is 23.5 Å². The number of thiazole rings is 1. The van der Waals surface area contributed by atoms with Crippen LogP contribution in [0.3, 0.4) is 0 Å². The number of hydrogen-bond donors (Lipinski definition) is 2. The Kier molecular flexibility index (Phi) is 5.83. The Balaban J connectivity index is 1.80. The van der Waals surface area contributed by atoms with E-state index in [9.17, 15) is 0 Å². The monoisotopic (exact) mass is 294 g/mol. The molecule has 4 nitrogen and oxygen atoms in total. The zero-order chi connectivity index (χ0) is 14.4. The summed E-state index contributed by atoms with van der Waals surface area (Å²) in [6.07, 6.45) is 9.69. The minimum atomic E-state index is 0.336. The Bertz CT molecular complexity index is 433. The molecule has 1 heterocycles. The quantitative estimate of drug-likeness (QED) is 0.509. The van der Waals surface area contributed by atoms with Gasteiger partial charge in [0.2, 0.25) is 0 Å². The number of hydrogen-bond acceptors (Lipinski definition) is 3. The van der Waals surface area contributed by atoms with Gasteiger partial charge in [-0.15, -0.1) is 11.3 Å². The molecule has 1 fully saturated rings. The molecule has 0 amide bonds. The summed E-state index contributed by atoms with van der Waals surface area (Å²) in [5.41, 5.74) is 6.01. The molecule has 1 aliphatic rings. The van der Waals surface area contributed by atoms with Crippen LogP contribution in [0.1, 0.15) is 61.3 Å². The third-order valence-electron chi connectivity index (χ3n) is 3.80. The van der Waals surface area contributed by atoms with Crippen LogP contribution in [0.2, 0.25) is 0 Å². The first kappa shape index (κ1) is 15.3. The molecule has 1 aliphatic carbocycles. The fraction of sp³-hybridized carbons (Fsp3) is 0.733. The zero-order valence-electron chi connectivity index (χ0n) is 12.6. The van der Waals surface area contributed by atoms with Crippen LogP contribution < -0.4 is 11.1 Å². The molecule has 1 unspecified atom stereocenters. The predicted octanol–water partition coefficient (Wildman–Crippen LogP) is 3.18. The van der Waals surface area contributed by atoms with Crippen molar-refractivity contribution in [3.8, 4) is 0 Å². The van der Waals surface area contributed by atoms with Gasteiger partial charge in [-0.3, -0.25) is 4.99 Å². The highest BCUT2D eigenvalue weighted by molar-refractivity contribution is 7.11. The van der Waals surface area contributed by atoms with E-state index in [1.54, 1.807) is 11.3 Å². The molecule has 1 atom stereocenters. The van der Waals surface area contributed by atoms with E-state index in [1.165, 1.54) is 43.4 Å². The molecule has 0 aromatic carbocycles. The smallest absolute Gasteiger partial charge is 0.188 e. The van der Waals surface area contributed by atoms with Crippen LogP contribution >= 0.6 is 11.3 Å². The lowest BCUT2D eigenvalue weighted by Gasteiger charge is -2.17. The van der Waals surface area contributed by atoms with E-state index < -0.39 is 0 Å². The Hall–Kier alpha value is -1.10. The van der Waals surface area contributed by atoms with E-state index in [0.29, 0.717) is 24.5 Å². The first-order valence-electron chi connectivity index (χ1n) is 7.64. The van der Waals surface area contributed by atoms with Crippen LogP contribution in [0, 0.1) is 6.92 Å². The van der Waals surface area contributed by atoms with Crippen molar-refractivity contribution >= 4 is 17.3 Å². The van der Waals surface area contributed by atoms with Crippen molar-refractivity contribution in [2.24, 2.45) is 10.7 Å². The van der Waals surface area contributed by atoms with Gasteiger partial charge < -0.3 is 11.1 Å². The highest BCUT2D eigenvalue weighted by atomic mass is 32.1. The van der Waals surface area contributed by atoms with Crippen LogP contribution in [0.4, 0.5) is 0 Å². The normalized spacial score (nSPS) is 19.6. The highest BCUT2D eigenvalue weighted by Crippen LogP contribution is 2.21. The number of nitrogens with one attached hydrogen (secondary N) is 1.